The van der Waals surface area contributed by atoms with Gasteiger partial charge in [-0.2, -0.15) is 13.2 Å². The molecule has 0 spiro atoms. The molecule has 0 amide bonds. The van der Waals surface area contributed by atoms with E-state index < -0.39 is 6.18 Å². The molecule has 0 nitrogen and oxygen atoms in total. The van der Waals surface area contributed by atoms with E-state index in [1.807, 2.05) is 0 Å². The van der Waals surface area contributed by atoms with Crippen molar-refractivity contribution in [3.63, 3.8) is 0 Å². The normalized spacial score (nSPS) is 21.2. The molecule has 76 valence electrons. The summed E-state index contributed by atoms with van der Waals surface area (Å²) >= 11 is 0. The number of alkyl halides is 3. The quantitative estimate of drug-likeness (QED) is 0.578. The van der Waals surface area contributed by atoms with Crippen LogP contribution in [0.2, 0.25) is 0 Å². The van der Waals surface area contributed by atoms with Crippen molar-refractivity contribution >= 4 is 0 Å². The van der Waals surface area contributed by atoms with Gasteiger partial charge in [0.1, 0.15) is 0 Å². The van der Waals surface area contributed by atoms with Gasteiger partial charge >= 0.3 is 6.18 Å². The number of halogens is 3. The van der Waals surface area contributed by atoms with E-state index in [4.69, 9.17) is 0 Å². The highest BCUT2D eigenvalue weighted by molar-refractivity contribution is 4.90. The van der Waals surface area contributed by atoms with Gasteiger partial charge in [-0.15, -0.1) is 0 Å². The predicted molar refractivity (Wildman–Crippen MR) is 46.4 cm³/mol. The molecule has 1 saturated carbocycles. The van der Waals surface area contributed by atoms with Crippen molar-refractivity contribution in [2.75, 3.05) is 0 Å². The van der Waals surface area contributed by atoms with E-state index in [0.29, 0.717) is 18.4 Å². The number of rotatable bonds is 2. The highest BCUT2D eigenvalue weighted by Crippen LogP contribution is 2.27. The Hall–Kier alpha value is -0.470. The van der Waals surface area contributed by atoms with Crippen molar-refractivity contribution in [3.05, 3.63) is 12.2 Å². The molecule has 0 unspecified atom stereocenters. The Bertz CT molecular complexity index is 163. The summed E-state index contributed by atoms with van der Waals surface area (Å²) in [5.41, 5.74) is 0. The lowest BCUT2D eigenvalue weighted by molar-refractivity contribution is -0.0801. The zero-order valence-electron chi connectivity index (χ0n) is 7.61. The van der Waals surface area contributed by atoms with E-state index in [0.717, 1.165) is 12.8 Å². The van der Waals surface area contributed by atoms with Gasteiger partial charge < -0.3 is 0 Å². The molecule has 0 atom stereocenters. The van der Waals surface area contributed by atoms with E-state index in [2.05, 4.69) is 0 Å². The van der Waals surface area contributed by atoms with Crippen LogP contribution in [-0.4, -0.2) is 6.18 Å². The molecule has 0 aromatic carbocycles. The lowest BCUT2D eigenvalue weighted by Crippen LogP contribution is -2.06. The molecule has 1 aliphatic rings. The smallest absolute Gasteiger partial charge is 0.167 e. The predicted octanol–water partition coefficient (Wildman–Crippen LogP) is 4.08. The summed E-state index contributed by atoms with van der Waals surface area (Å²) in [7, 11) is 0. The zero-order valence-corrected chi connectivity index (χ0v) is 7.61. The molecule has 1 rings (SSSR count). The first kappa shape index (κ1) is 10.6. The van der Waals surface area contributed by atoms with Crippen LogP contribution in [0.15, 0.2) is 12.2 Å². The standard InChI is InChI=1S/C10H15F3/c11-10(12,13)8-4-7-9-5-2-1-3-6-9/h4,8-9H,1-3,5-7H2/b8-4+. The van der Waals surface area contributed by atoms with Crippen LogP contribution in [-0.2, 0) is 0 Å². The second kappa shape index (κ2) is 4.68. The van der Waals surface area contributed by atoms with Crippen LogP contribution >= 0.6 is 0 Å². The van der Waals surface area contributed by atoms with Gasteiger partial charge in [0.05, 0.1) is 0 Å². The summed E-state index contributed by atoms with van der Waals surface area (Å²) in [6.07, 6.45) is 3.92. The molecule has 0 aromatic rings. The monoisotopic (exact) mass is 192 g/mol. The molecule has 0 radical (unpaired) electrons. The first-order valence-electron chi connectivity index (χ1n) is 4.82. The minimum atomic E-state index is -4.13. The molecular weight excluding hydrogens is 177 g/mol. The average Bonchev–Trinajstić information content (AvgIpc) is 2.04. The number of hydrogen-bond donors (Lipinski definition) is 0. The fraction of sp³-hybridized carbons (Fsp3) is 0.800. The van der Waals surface area contributed by atoms with E-state index in [9.17, 15) is 13.2 Å². The van der Waals surface area contributed by atoms with Crippen LogP contribution in [0.3, 0.4) is 0 Å². The maximum Gasteiger partial charge on any atom is 0.409 e. The highest BCUT2D eigenvalue weighted by atomic mass is 19.4. The Morgan fingerprint density at radius 2 is 1.69 bits per heavy atom. The fourth-order valence-corrected chi connectivity index (χ4v) is 1.82. The lowest BCUT2D eigenvalue weighted by Gasteiger charge is -2.19. The van der Waals surface area contributed by atoms with Crippen molar-refractivity contribution in [1.29, 1.82) is 0 Å². The second-order valence-corrected chi connectivity index (χ2v) is 3.68. The third-order valence-electron chi connectivity index (χ3n) is 2.50. The summed E-state index contributed by atoms with van der Waals surface area (Å²) in [6.45, 7) is 0. The van der Waals surface area contributed by atoms with Crippen molar-refractivity contribution in [3.8, 4) is 0 Å². The molecule has 0 heterocycles. The number of allylic oxidation sites excluding steroid dienone is 2. The van der Waals surface area contributed by atoms with Crippen molar-refractivity contribution in [1.82, 2.24) is 0 Å². The zero-order chi connectivity index (χ0) is 9.73. The van der Waals surface area contributed by atoms with E-state index >= 15 is 0 Å². The summed E-state index contributed by atoms with van der Waals surface area (Å²) in [5, 5.41) is 0. The summed E-state index contributed by atoms with van der Waals surface area (Å²) in [5.74, 6) is 0.493. The summed E-state index contributed by atoms with van der Waals surface area (Å²) in [6, 6.07) is 0. The Kier molecular flexibility index (Phi) is 3.82. The third kappa shape index (κ3) is 4.96. The van der Waals surface area contributed by atoms with Crippen molar-refractivity contribution in [2.24, 2.45) is 5.92 Å². The van der Waals surface area contributed by atoms with E-state index in [1.54, 1.807) is 0 Å². The maximum absolute atomic E-state index is 11.7. The molecule has 1 fully saturated rings. The first-order chi connectivity index (χ1) is 6.08. The average molecular weight is 192 g/mol. The van der Waals surface area contributed by atoms with Gasteiger partial charge in [0, 0.05) is 6.08 Å². The topological polar surface area (TPSA) is 0 Å². The van der Waals surface area contributed by atoms with Crippen LogP contribution in [0.5, 0.6) is 0 Å². The Morgan fingerprint density at radius 3 is 2.23 bits per heavy atom. The van der Waals surface area contributed by atoms with Gasteiger partial charge in [0.15, 0.2) is 0 Å². The molecular formula is C10H15F3. The van der Waals surface area contributed by atoms with Gasteiger partial charge in [-0.3, -0.25) is 0 Å². The van der Waals surface area contributed by atoms with Crippen molar-refractivity contribution in [2.45, 2.75) is 44.7 Å². The SMILES string of the molecule is FC(F)(F)/C=C/CC1CCCCC1. The molecule has 3 heteroatoms. The molecule has 13 heavy (non-hydrogen) atoms. The minimum absolute atomic E-state index is 0.363. The van der Waals surface area contributed by atoms with Crippen molar-refractivity contribution < 1.29 is 13.2 Å². The van der Waals surface area contributed by atoms with E-state index in [1.165, 1.54) is 25.3 Å². The Morgan fingerprint density at radius 1 is 1.08 bits per heavy atom. The molecule has 0 N–H and O–H groups in total. The van der Waals surface area contributed by atoms with Crippen LogP contribution in [0.4, 0.5) is 13.2 Å². The Balaban J connectivity index is 2.21. The molecule has 0 saturated heterocycles. The molecule has 0 aromatic heterocycles. The van der Waals surface area contributed by atoms with Gasteiger partial charge in [-0.05, 0) is 12.3 Å². The molecule has 0 aliphatic heterocycles. The lowest BCUT2D eigenvalue weighted by atomic mass is 9.87. The van der Waals surface area contributed by atoms with E-state index in [-0.39, 0.29) is 0 Å². The second-order valence-electron chi connectivity index (χ2n) is 3.68. The largest absolute Gasteiger partial charge is 0.409 e. The Labute approximate surface area is 76.8 Å². The molecule has 0 bridgehead atoms. The number of hydrogen-bond acceptors (Lipinski definition) is 0. The maximum atomic E-state index is 11.7. The fourth-order valence-electron chi connectivity index (χ4n) is 1.82. The van der Waals surface area contributed by atoms with Gasteiger partial charge in [0.2, 0.25) is 0 Å². The van der Waals surface area contributed by atoms with Gasteiger partial charge in [0.25, 0.3) is 0 Å². The third-order valence-corrected chi connectivity index (χ3v) is 2.50. The highest BCUT2D eigenvalue weighted by Gasteiger charge is 2.22. The summed E-state index contributed by atoms with van der Waals surface area (Å²) < 4.78 is 35.2. The first-order valence-corrected chi connectivity index (χ1v) is 4.82. The van der Waals surface area contributed by atoms with Crippen LogP contribution in [0, 0.1) is 5.92 Å². The minimum Gasteiger partial charge on any atom is -0.167 e. The van der Waals surface area contributed by atoms with Crippen LogP contribution < -0.4 is 0 Å². The summed E-state index contributed by atoms with van der Waals surface area (Å²) in [4.78, 5) is 0. The van der Waals surface area contributed by atoms with Gasteiger partial charge in [-0.1, -0.05) is 38.2 Å². The van der Waals surface area contributed by atoms with Crippen LogP contribution in [0.25, 0.3) is 0 Å². The van der Waals surface area contributed by atoms with Gasteiger partial charge in [-0.25, -0.2) is 0 Å². The van der Waals surface area contributed by atoms with Crippen LogP contribution in [0.1, 0.15) is 38.5 Å². The molecule has 1 aliphatic carbocycles.